The first-order valence-corrected chi connectivity index (χ1v) is 5.31. The molecule has 2 aromatic carbocycles. The van der Waals surface area contributed by atoms with Crippen LogP contribution in [0.3, 0.4) is 0 Å². The number of nitrogens with two attached hydrogens (primary N) is 2. The summed E-state index contributed by atoms with van der Waals surface area (Å²) < 4.78 is 0. The molecule has 88 valence electrons. The number of hydrogen-bond acceptors (Lipinski definition) is 3. The molecule has 2 rings (SSSR count). The summed E-state index contributed by atoms with van der Waals surface area (Å²) in [4.78, 5) is 11.0. The maximum Gasteiger partial charge on any atom is 0.248 e. The zero-order chi connectivity index (χ0) is 13.1. The highest BCUT2D eigenvalue weighted by Crippen LogP contribution is 2.27. The third-order valence-corrected chi connectivity index (χ3v) is 2.66. The molecule has 4 nitrogen and oxygen atoms in total. The van der Waals surface area contributed by atoms with Gasteiger partial charge in [0.15, 0.2) is 0 Å². The van der Waals surface area contributed by atoms with Crippen LogP contribution in [0.15, 0.2) is 42.5 Å². The summed E-state index contributed by atoms with van der Waals surface area (Å²) in [5, 5.41) is 8.86. The lowest BCUT2D eigenvalue weighted by Crippen LogP contribution is -2.10. The standard InChI is InChI=1S/C14H11N3O/c15-8-9-1-6-13(16)12(7-9)10-2-4-11(5-3-10)14(17)18/h1-7H,16H2,(H2,17,18). The Balaban J connectivity index is 2.49. The highest BCUT2D eigenvalue weighted by molar-refractivity contribution is 5.93. The highest BCUT2D eigenvalue weighted by Gasteiger charge is 2.05. The van der Waals surface area contributed by atoms with E-state index in [2.05, 4.69) is 6.07 Å². The normalized spacial score (nSPS) is 9.72. The van der Waals surface area contributed by atoms with Crippen LogP contribution in [0.4, 0.5) is 5.69 Å². The average Bonchev–Trinajstić information content (AvgIpc) is 2.39. The summed E-state index contributed by atoms with van der Waals surface area (Å²) in [5.41, 5.74) is 14.2. The van der Waals surface area contributed by atoms with Gasteiger partial charge in [0.05, 0.1) is 11.6 Å². The zero-order valence-corrected chi connectivity index (χ0v) is 9.55. The third kappa shape index (κ3) is 2.15. The molecule has 0 atom stereocenters. The monoisotopic (exact) mass is 237 g/mol. The molecule has 0 fully saturated rings. The Morgan fingerprint density at radius 3 is 2.33 bits per heavy atom. The van der Waals surface area contributed by atoms with Crippen molar-refractivity contribution >= 4 is 11.6 Å². The molecule has 0 bridgehead atoms. The van der Waals surface area contributed by atoms with E-state index >= 15 is 0 Å². The van der Waals surface area contributed by atoms with Gasteiger partial charge < -0.3 is 11.5 Å². The van der Waals surface area contributed by atoms with Gasteiger partial charge in [-0.2, -0.15) is 5.26 Å². The van der Waals surface area contributed by atoms with Gasteiger partial charge in [-0.05, 0) is 35.9 Å². The number of nitriles is 1. The second-order valence-corrected chi connectivity index (χ2v) is 3.86. The van der Waals surface area contributed by atoms with Crippen LogP contribution >= 0.6 is 0 Å². The van der Waals surface area contributed by atoms with Crippen molar-refractivity contribution in [3.05, 3.63) is 53.6 Å². The third-order valence-electron chi connectivity index (χ3n) is 2.66. The predicted octanol–water partition coefficient (Wildman–Crippen LogP) is 1.91. The molecule has 0 aromatic heterocycles. The summed E-state index contributed by atoms with van der Waals surface area (Å²) in [5.74, 6) is -0.472. The average molecular weight is 237 g/mol. The van der Waals surface area contributed by atoms with E-state index in [1.807, 2.05) is 0 Å². The van der Waals surface area contributed by atoms with E-state index in [0.29, 0.717) is 16.8 Å². The van der Waals surface area contributed by atoms with Crippen LogP contribution in [0.25, 0.3) is 11.1 Å². The van der Waals surface area contributed by atoms with E-state index in [4.69, 9.17) is 16.7 Å². The largest absolute Gasteiger partial charge is 0.398 e. The quantitative estimate of drug-likeness (QED) is 0.781. The lowest BCUT2D eigenvalue weighted by atomic mass is 10.00. The van der Waals surface area contributed by atoms with Gasteiger partial charge in [0.1, 0.15) is 0 Å². The lowest BCUT2D eigenvalue weighted by Gasteiger charge is -2.06. The summed E-state index contributed by atoms with van der Waals surface area (Å²) in [7, 11) is 0. The van der Waals surface area contributed by atoms with E-state index in [9.17, 15) is 4.79 Å². The Hall–Kier alpha value is -2.80. The number of hydrogen-bond donors (Lipinski definition) is 2. The van der Waals surface area contributed by atoms with Crippen molar-refractivity contribution in [2.24, 2.45) is 5.73 Å². The second-order valence-electron chi connectivity index (χ2n) is 3.86. The molecule has 0 saturated carbocycles. The first-order valence-electron chi connectivity index (χ1n) is 5.31. The molecule has 0 heterocycles. The first kappa shape index (κ1) is 11.7. The lowest BCUT2D eigenvalue weighted by molar-refractivity contribution is 0.100. The number of carbonyl (C=O) groups excluding carboxylic acids is 1. The van der Waals surface area contributed by atoms with Crippen molar-refractivity contribution in [3.63, 3.8) is 0 Å². The van der Waals surface area contributed by atoms with Gasteiger partial charge in [0, 0.05) is 16.8 Å². The van der Waals surface area contributed by atoms with Crippen molar-refractivity contribution in [1.29, 1.82) is 5.26 Å². The van der Waals surface area contributed by atoms with Crippen LogP contribution in [0, 0.1) is 11.3 Å². The maximum atomic E-state index is 11.0. The summed E-state index contributed by atoms with van der Waals surface area (Å²) in [6.45, 7) is 0. The van der Waals surface area contributed by atoms with Crippen molar-refractivity contribution < 1.29 is 4.79 Å². The Kier molecular flexibility index (Phi) is 2.98. The molecular formula is C14H11N3O. The number of rotatable bonds is 2. The Morgan fingerprint density at radius 2 is 1.78 bits per heavy atom. The summed E-state index contributed by atoms with van der Waals surface area (Å²) in [6.07, 6.45) is 0. The van der Waals surface area contributed by atoms with E-state index < -0.39 is 5.91 Å². The number of nitrogens with zero attached hydrogens (tertiary/aromatic N) is 1. The molecule has 2 aromatic rings. The molecule has 0 aliphatic carbocycles. The molecule has 0 spiro atoms. The van der Waals surface area contributed by atoms with Crippen LogP contribution < -0.4 is 11.5 Å². The summed E-state index contributed by atoms with van der Waals surface area (Å²) >= 11 is 0. The SMILES string of the molecule is N#Cc1ccc(N)c(-c2ccc(C(N)=O)cc2)c1. The van der Waals surface area contributed by atoms with Crippen molar-refractivity contribution in [3.8, 4) is 17.2 Å². The molecule has 0 saturated heterocycles. The molecule has 0 aliphatic rings. The van der Waals surface area contributed by atoms with Gasteiger partial charge in [-0.15, -0.1) is 0 Å². The Labute approximate surface area is 104 Å². The number of benzene rings is 2. The minimum absolute atomic E-state index is 0.439. The van der Waals surface area contributed by atoms with Gasteiger partial charge in [-0.3, -0.25) is 4.79 Å². The van der Waals surface area contributed by atoms with Crippen molar-refractivity contribution in [2.45, 2.75) is 0 Å². The summed E-state index contributed by atoms with van der Waals surface area (Å²) in [6, 6.07) is 13.9. The first-order chi connectivity index (χ1) is 8.61. The number of anilines is 1. The number of nitrogen functional groups attached to an aromatic ring is 1. The number of amides is 1. The van der Waals surface area contributed by atoms with E-state index in [0.717, 1.165) is 11.1 Å². The second kappa shape index (κ2) is 4.60. The van der Waals surface area contributed by atoms with Crippen LogP contribution in [0.1, 0.15) is 15.9 Å². The molecule has 0 aliphatic heterocycles. The van der Waals surface area contributed by atoms with Crippen LogP contribution in [-0.4, -0.2) is 5.91 Å². The predicted molar refractivity (Wildman–Crippen MR) is 69.5 cm³/mol. The topological polar surface area (TPSA) is 92.9 Å². The minimum Gasteiger partial charge on any atom is -0.398 e. The fourth-order valence-corrected chi connectivity index (χ4v) is 1.69. The molecular weight excluding hydrogens is 226 g/mol. The van der Waals surface area contributed by atoms with E-state index in [1.165, 1.54) is 0 Å². The smallest absolute Gasteiger partial charge is 0.248 e. The molecule has 1 amide bonds. The molecule has 4 heteroatoms. The zero-order valence-electron chi connectivity index (χ0n) is 9.55. The Morgan fingerprint density at radius 1 is 1.11 bits per heavy atom. The molecule has 0 radical (unpaired) electrons. The van der Waals surface area contributed by atoms with Gasteiger partial charge in [0.25, 0.3) is 0 Å². The molecule has 4 N–H and O–H groups in total. The molecule has 18 heavy (non-hydrogen) atoms. The van der Waals surface area contributed by atoms with Gasteiger partial charge in [-0.25, -0.2) is 0 Å². The van der Waals surface area contributed by atoms with Gasteiger partial charge in [0.2, 0.25) is 5.91 Å². The minimum atomic E-state index is -0.472. The van der Waals surface area contributed by atoms with Crippen LogP contribution in [0.5, 0.6) is 0 Å². The van der Waals surface area contributed by atoms with Crippen molar-refractivity contribution in [2.75, 3.05) is 5.73 Å². The highest BCUT2D eigenvalue weighted by atomic mass is 16.1. The van der Waals surface area contributed by atoms with Crippen LogP contribution in [0.2, 0.25) is 0 Å². The number of primary amides is 1. The Bertz CT molecular complexity index is 639. The van der Waals surface area contributed by atoms with Gasteiger partial charge >= 0.3 is 0 Å². The van der Waals surface area contributed by atoms with Crippen LogP contribution in [-0.2, 0) is 0 Å². The fraction of sp³-hybridized carbons (Fsp3) is 0. The van der Waals surface area contributed by atoms with E-state index in [1.54, 1.807) is 42.5 Å². The van der Waals surface area contributed by atoms with Crippen molar-refractivity contribution in [1.82, 2.24) is 0 Å². The number of carbonyl (C=O) groups is 1. The van der Waals surface area contributed by atoms with Gasteiger partial charge in [-0.1, -0.05) is 12.1 Å². The maximum absolute atomic E-state index is 11.0. The fourth-order valence-electron chi connectivity index (χ4n) is 1.69. The van der Waals surface area contributed by atoms with E-state index in [-0.39, 0.29) is 0 Å². The molecule has 0 unspecified atom stereocenters.